The van der Waals surface area contributed by atoms with Gasteiger partial charge in [-0.05, 0) is 61.7 Å². The van der Waals surface area contributed by atoms with Crippen molar-refractivity contribution in [2.75, 3.05) is 5.75 Å². The molecule has 0 heterocycles. The van der Waals surface area contributed by atoms with Crippen LogP contribution in [0.3, 0.4) is 0 Å². The monoisotopic (exact) mass is 231 g/mol. The van der Waals surface area contributed by atoms with Crippen molar-refractivity contribution >= 4 is 10.1 Å². The minimum atomic E-state index is -3.54. The normalized spacial score (nSPS) is 48.5. The average molecular weight is 231 g/mol. The van der Waals surface area contributed by atoms with Crippen LogP contribution in [0.1, 0.15) is 38.5 Å². The lowest BCUT2D eigenvalue weighted by molar-refractivity contribution is -0.0396. The third-order valence-electron chi connectivity index (χ3n) is 4.66. The lowest BCUT2D eigenvalue weighted by atomic mass is 9.50. The van der Waals surface area contributed by atoms with Crippen LogP contribution in [-0.4, -0.2) is 18.7 Å². The zero-order chi connectivity index (χ0) is 10.7. The molecule has 0 atom stereocenters. The fourth-order valence-corrected chi connectivity index (χ4v) is 6.03. The molecule has 4 fully saturated rings. The van der Waals surface area contributed by atoms with Gasteiger partial charge >= 0.3 is 10.1 Å². The van der Waals surface area contributed by atoms with Crippen LogP contribution in [0.15, 0.2) is 0 Å². The topological polar surface area (TPSA) is 57.0 Å². The first-order chi connectivity index (χ1) is 6.94. The van der Waals surface area contributed by atoms with E-state index < -0.39 is 10.1 Å². The molecule has 4 saturated carbocycles. The smallest absolute Gasteiger partial charge is 0.333 e. The Morgan fingerprint density at radius 3 is 1.73 bits per heavy atom. The fourth-order valence-electron chi connectivity index (χ4n) is 4.87. The Morgan fingerprint density at radius 1 is 1.00 bits per heavy atom. The quantitative estimate of drug-likeness (QED) is 0.672. The van der Waals surface area contributed by atoms with E-state index in [9.17, 15) is 8.42 Å². The van der Waals surface area contributed by atoms with Crippen LogP contribution in [0.4, 0.5) is 0 Å². The largest absolute Gasteiger partial charge is 0.378 e. The molecule has 15 heavy (non-hydrogen) atoms. The van der Waals surface area contributed by atoms with Crippen LogP contribution >= 0.6 is 0 Å². The van der Waals surface area contributed by atoms with Crippen LogP contribution in [-0.2, 0) is 10.1 Å². The van der Waals surface area contributed by atoms with Gasteiger partial charge in [-0.3, -0.25) is 0 Å². The second kappa shape index (κ2) is 2.98. The lowest BCUT2D eigenvalue weighted by Gasteiger charge is -2.56. The third-order valence-corrected chi connectivity index (χ3v) is 5.65. The van der Waals surface area contributed by atoms with E-state index in [0.717, 1.165) is 37.0 Å². The molecule has 4 rings (SSSR count). The standard InChI is InChI=1S/C11H18O3S/c12-15(13,14)7-11-4-8-1-9(5-11)3-10(2-8)6-11/h8-10H,1-7H2,(H,12,13,14)/p+1. The highest BCUT2D eigenvalue weighted by atomic mass is 32.2. The Morgan fingerprint density at radius 2 is 1.40 bits per heavy atom. The van der Waals surface area contributed by atoms with E-state index in [0.29, 0.717) is 0 Å². The first kappa shape index (κ1) is 10.1. The molecule has 0 aromatic heterocycles. The highest BCUT2D eigenvalue weighted by Gasteiger charge is 2.52. The summed E-state index contributed by atoms with van der Waals surface area (Å²) in [6, 6.07) is 0. The summed E-state index contributed by atoms with van der Waals surface area (Å²) >= 11 is 0. The molecule has 0 unspecified atom stereocenters. The maximum atomic E-state index is 11.2. The van der Waals surface area contributed by atoms with Crippen molar-refractivity contribution in [3.8, 4) is 0 Å². The van der Waals surface area contributed by atoms with Crippen LogP contribution in [0.2, 0.25) is 0 Å². The number of hydrogen-bond donors (Lipinski definition) is 0. The van der Waals surface area contributed by atoms with Crippen LogP contribution in [0, 0.1) is 23.2 Å². The fraction of sp³-hybridized carbons (Fsp3) is 1.00. The summed E-state index contributed by atoms with van der Waals surface area (Å²) in [6.07, 6.45) is 7.23. The third kappa shape index (κ3) is 1.82. The summed E-state index contributed by atoms with van der Waals surface area (Å²) in [5.41, 5.74) is 0.00926. The molecule has 0 aliphatic heterocycles. The zero-order valence-corrected chi connectivity index (χ0v) is 9.72. The van der Waals surface area contributed by atoms with Gasteiger partial charge in [-0.1, -0.05) is 0 Å². The van der Waals surface area contributed by atoms with Gasteiger partial charge in [-0.25, -0.2) is 0 Å². The van der Waals surface area contributed by atoms with E-state index >= 15 is 0 Å². The predicted molar refractivity (Wildman–Crippen MR) is 58.0 cm³/mol. The van der Waals surface area contributed by atoms with E-state index in [1.807, 2.05) is 0 Å². The van der Waals surface area contributed by atoms with E-state index in [-0.39, 0.29) is 11.2 Å². The zero-order valence-electron chi connectivity index (χ0n) is 8.91. The van der Waals surface area contributed by atoms with Crippen molar-refractivity contribution in [3.63, 3.8) is 0 Å². The Balaban J connectivity index is 1.87. The van der Waals surface area contributed by atoms with Gasteiger partial charge in [0.25, 0.3) is 0 Å². The van der Waals surface area contributed by atoms with Gasteiger partial charge in [0.2, 0.25) is 0 Å². The molecule has 4 aliphatic carbocycles. The van der Waals surface area contributed by atoms with Crippen molar-refractivity contribution in [1.82, 2.24) is 0 Å². The molecule has 0 saturated heterocycles. The summed E-state index contributed by atoms with van der Waals surface area (Å²) < 4.78 is 29.5. The first-order valence-corrected chi connectivity index (χ1v) is 7.57. The summed E-state index contributed by atoms with van der Waals surface area (Å²) in [6.45, 7) is 0. The van der Waals surface area contributed by atoms with Crippen LogP contribution in [0.25, 0.3) is 0 Å². The highest BCUT2D eigenvalue weighted by Crippen LogP contribution is 2.60. The van der Waals surface area contributed by atoms with E-state index in [1.165, 1.54) is 19.3 Å². The first-order valence-electron chi connectivity index (χ1n) is 5.91. The highest BCUT2D eigenvalue weighted by molar-refractivity contribution is 7.85. The average Bonchev–Trinajstić information content (AvgIpc) is 1.94. The molecular weight excluding hydrogens is 212 g/mol. The van der Waals surface area contributed by atoms with Gasteiger partial charge in [-0.2, -0.15) is 8.42 Å². The summed E-state index contributed by atoms with van der Waals surface area (Å²) in [5.74, 6) is 2.46. The Bertz CT molecular complexity index is 336. The molecular formula is C11H19O3S+. The van der Waals surface area contributed by atoms with Gasteiger partial charge < -0.3 is 4.55 Å². The summed E-state index contributed by atoms with van der Waals surface area (Å²) in [5, 5.41) is 0. The van der Waals surface area contributed by atoms with Crippen molar-refractivity contribution in [2.45, 2.75) is 38.5 Å². The molecule has 0 spiro atoms. The molecule has 4 heteroatoms. The molecule has 0 aromatic rings. The molecule has 3 nitrogen and oxygen atoms in total. The van der Waals surface area contributed by atoms with E-state index in [2.05, 4.69) is 0 Å². The summed E-state index contributed by atoms with van der Waals surface area (Å²) in [4.78, 5) is 0. The Labute approximate surface area is 91.0 Å². The molecule has 0 radical (unpaired) electrons. The van der Waals surface area contributed by atoms with Crippen LogP contribution < -0.4 is 0 Å². The van der Waals surface area contributed by atoms with Gasteiger partial charge in [0, 0.05) is 0 Å². The second-order valence-corrected chi connectivity index (χ2v) is 7.69. The molecule has 0 aromatic carbocycles. The molecule has 0 amide bonds. The van der Waals surface area contributed by atoms with Crippen LogP contribution in [0.5, 0.6) is 0 Å². The number of hydrogen-bond acceptors (Lipinski definition) is 2. The van der Waals surface area contributed by atoms with Crippen molar-refractivity contribution in [1.29, 1.82) is 0 Å². The molecule has 86 valence electrons. The van der Waals surface area contributed by atoms with Crippen molar-refractivity contribution < 1.29 is 13.0 Å². The minimum Gasteiger partial charge on any atom is -0.333 e. The minimum absolute atomic E-state index is 0.00926. The SMILES string of the molecule is O=S(=O)([OH2+])CC12CC3CC(CC(C3)C1)C2. The maximum absolute atomic E-state index is 11.2. The van der Waals surface area contributed by atoms with Gasteiger partial charge in [0.1, 0.15) is 5.75 Å². The predicted octanol–water partition coefficient (Wildman–Crippen LogP) is 1.26. The van der Waals surface area contributed by atoms with E-state index in [1.54, 1.807) is 0 Å². The van der Waals surface area contributed by atoms with Crippen molar-refractivity contribution in [3.05, 3.63) is 0 Å². The Hall–Kier alpha value is -0.0900. The van der Waals surface area contributed by atoms with Gasteiger partial charge in [-0.15, -0.1) is 0 Å². The van der Waals surface area contributed by atoms with Gasteiger partial charge in [0.15, 0.2) is 0 Å². The molecule has 2 N–H and O–H groups in total. The number of rotatable bonds is 2. The van der Waals surface area contributed by atoms with Crippen molar-refractivity contribution in [2.24, 2.45) is 23.2 Å². The Kier molecular flexibility index (Phi) is 2.00. The van der Waals surface area contributed by atoms with E-state index in [4.69, 9.17) is 4.55 Å². The lowest BCUT2D eigenvalue weighted by Crippen LogP contribution is -2.49. The summed E-state index contributed by atoms with van der Waals surface area (Å²) in [7, 11) is -3.54. The van der Waals surface area contributed by atoms with Gasteiger partial charge in [0.05, 0.1) is 0 Å². The maximum Gasteiger partial charge on any atom is 0.378 e. The second-order valence-electron chi connectivity index (χ2n) is 6.18. The molecule has 4 bridgehead atoms. The molecule has 4 aliphatic rings.